The van der Waals surface area contributed by atoms with Crippen molar-refractivity contribution < 1.29 is 15.2 Å². The van der Waals surface area contributed by atoms with E-state index in [1.165, 1.54) is 3.96 Å². The molecule has 0 aromatic heterocycles. The molecule has 0 saturated heterocycles. The average Bonchev–Trinajstić information content (AvgIpc) is 2.18. The molecule has 0 heterocycles. The first kappa shape index (κ1) is 13.6. The fraction of sp³-hybridized carbons (Fsp3) is 0.500. The number of hydrogen-bond donors (Lipinski definition) is 0. The molecule has 0 amide bonds. The summed E-state index contributed by atoms with van der Waals surface area (Å²) in [4.78, 5) is 0. The summed E-state index contributed by atoms with van der Waals surface area (Å²) in [5.41, 5.74) is 0. The van der Waals surface area contributed by atoms with Crippen LogP contribution in [0.4, 0.5) is 0 Å². The van der Waals surface area contributed by atoms with Crippen molar-refractivity contribution >= 4 is 18.8 Å². The molecule has 0 N–H and O–H groups in total. The molecule has 0 aromatic carbocycles. The number of halogens is 2. The van der Waals surface area contributed by atoms with Gasteiger partial charge in [-0.25, -0.2) is 0 Å². The zero-order chi connectivity index (χ0) is 10.9. The molecular weight excluding hydrogens is 410 g/mol. The molecule has 15 heavy (non-hydrogen) atoms. The van der Waals surface area contributed by atoms with Crippen molar-refractivity contribution in [3.8, 4) is 0 Å². The Morgan fingerprint density at radius 3 is 1.93 bits per heavy atom. The van der Waals surface area contributed by atoms with E-state index in [1.807, 2.05) is 0 Å². The molecule has 0 aromatic rings. The van der Waals surface area contributed by atoms with E-state index in [9.17, 15) is 0 Å². The third-order valence-corrected chi connectivity index (χ3v) is 6.86. The van der Waals surface area contributed by atoms with Crippen molar-refractivity contribution in [1.29, 1.82) is 0 Å². The Morgan fingerprint density at radius 1 is 0.800 bits per heavy atom. The van der Waals surface area contributed by atoms with E-state index in [0.29, 0.717) is 0 Å². The maximum atomic E-state index is 6.06. The molecule has 0 aliphatic heterocycles. The van der Waals surface area contributed by atoms with Crippen LogP contribution in [0.2, 0.25) is 0 Å². The topological polar surface area (TPSA) is 0 Å². The van der Waals surface area contributed by atoms with Gasteiger partial charge in [0.15, 0.2) is 0 Å². The number of hydrogen-bond acceptors (Lipinski definition) is 0. The summed E-state index contributed by atoms with van der Waals surface area (Å²) >= 11 is -1.78. The van der Waals surface area contributed by atoms with E-state index in [-0.39, 0.29) is 0 Å². The predicted molar refractivity (Wildman–Crippen MR) is 65.8 cm³/mol. The maximum absolute atomic E-state index is 6.06. The van der Waals surface area contributed by atoms with Gasteiger partial charge >= 0.3 is 107 Å². The summed E-state index contributed by atoms with van der Waals surface area (Å²) in [6.07, 6.45) is 17.9. The van der Waals surface area contributed by atoms with Crippen molar-refractivity contribution in [3.05, 3.63) is 34.3 Å². The van der Waals surface area contributed by atoms with E-state index in [2.05, 4.69) is 30.4 Å². The second-order valence-electron chi connectivity index (χ2n) is 3.41. The van der Waals surface area contributed by atoms with Gasteiger partial charge in [0.2, 0.25) is 0 Å². The first-order valence-corrected chi connectivity index (χ1v) is 12.0. The van der Waals surface area contributed by atoms with Gasteiger partial charge in [0.1, 0.15) is 0 Å². The van der Waals surface area contributed by atoms with Crippen LogP contribution < -0.4 is 0 Å². The van der Waals surface area contributed by atoms with Crippen LogP contribution >= 0.6 is 18.8 Å². The van der Waals surface area contributed by atoms with Crippen LogP contribution in [0.1, 0.15) is 38.5 Å². The quantitative estimate of drug-likeness (QED) is 0.501. The van der Waals surface area contributed by atoms with Gasteiger partial charge in [0, 0.05) is 0 Å². The van der Waals surface area contributed by atoms with Crippen LogP contribution in [-0.4, -0.2) is 0 Å². The molecule has 0 nitrogen and oxygen atoms in total. The Labute approximate surface area is 106 Å². The molecule has 0 atom stereocenters. The minimum absolute atomic E-state index is 1.05. The van der Waals surface area contributed by atoms with Gasteiger partial charge in [-0.3, -0.25) is 0 Å². The Bertz CT molecular complexity index is 254. The normalized spacial score (nSPS) is 20.1. The third kappa shape index (κ3) is 6.61. The number of rotatable bonds is 1. The number of allylic oxidation sites excluding steroid dienone is 6. The van der Waals surface area contributed by atoms with Crippen LogP contribution in [0.5, 0.6) is 0 Å². The molecule has 0 saturated carbocycles. The van der Waals surface area contributed by atoms with E-state index in [0.717, 1.165) is 38.5 Å². The van der Waals surface area contributed by atoms with Gasteiger partial charge in [-0.2, -0.15) is 0 Å². The van der Waals surface area contributed by atoms with Gasteiger partial charge in [-0.05, 0) is 0 Å². The van der Waals surface area contributed by atoms with Crippen molar-refractivity contribution in [2.24, 2.45) is 0 Å². The molecule has 0 spiro atoms. The van der Waals surface area contributed by atoms with Gasteiger partial charge in [0.05, 0.1) is 0 Å². The van der Waals surface area contributed by atoms with E-state index < -0.39 is 15.2 Å². The van der Waals surface area contributed by atoms with Gasteiger partial charge in [-0.1, -0.05) is 0 Å². The second kappa shape index (κ2) is 8.62. The molecule has 1 aliphatic rings. The Kier molecular flexibility index (Phi) is 7.79. The summed E-state index contributed by atoms with van der Waals surface area (Å²) in [7, 11) is 12.1. The van der Waals surface area contributed by atoms with Crippen LogP contribution in [-0.2, 0) is 15.2 Å². The van der Waals surface area contributed by atoms with E-state index in [4.69, 9.17) is 18.8 Å². The SMILES string of the molecule is [Cl][Pt]([Cl])[C]1=CCCC=CCCC=CCC1. The zero-order valence-electron chi connectivity index (χ0n) is 8.70. The molecule has 1 rings (SSSR count). The Hall–Kier alpha value is 0.488. The average molecular weight is 427 g/mol. The minimum atomic E-state index is -1.78. The van der Waals surface area contributed by atoms with Gasteiger partial charge in [0.25, 0.3) is 0 Å². The fourth-order valence-electron chi connectivity index (χ4n) is 1.41. The van der Waals surface area contributed by atoms with Crippen LogP contribution in [0.25, 0.3) is 0 Å². The van der Waals surface area contributed by atoms with Crippen molar-refractivity contribution in [3.63, 3.8) is 0 Å². The second-order valence-corrected chi connectivity index (χ2v) is 11.0. The molecule has 0 radical (unpaired) electrons. The van der Waals surface area contributed by atoms with Crippen LogP contribution in [0.15, 0.2) is 34.3 Å². The van der Waals surface area contributed by atoms with Crippen molar-refractivity contribution in [2.75, 3.05) is 0 Å². The zero-order valence-corrected chi connectivity index (χ0v) is 12.5. The monoisotopic (exact) mass is 426 g/mol. The summed E-state index contributed by atoms with van der Waals surface area (Å²) < 4.78 is 1.32. The first-order valence-electron chi connectivity index (χ1n) is 5.25. The molecule has 1 aliphatic carbocycles. The van der Waals surface area contributed by atoms with Gasteiger partial charge in [-0.15, -0.1) is 0 Å². The molecule has 0 fully saturated rings. The summed E-state index contributed by atoms with van der Waals surface area (Å²) in [5, 5.41) is 0. The fourth-order valence-corrected chi connectivity index (χ4v) is 4.63. The van der Waals surface area contributed by atoms with Crippen molar-refractivity contribution in [1.82, 2.24) is 0 Å². The van der Waals surface area contributed by atoms with Crippen LogP contribution in [0.3, 0.4) is 0 Å². The summed E-state index contributed by atoms with van der Waals surface area (Å²) in [6.45, 7) is 0. The Balaban J connectivity index is 2.55. The van der Waals surface area contributed by atoms with E-state index >= 15 is 0 Å². The van der Waals surface area contributed by atoms with E-state index in [1.54, 1.807) is 0 Å². The third-order valence-electron chi connectivity index (χ3n) is 2.21. The summed E-state index contributed by atoms with van der Waals surface area (Å²) in [5.74, 6) is 0. The molecule has 3 heteroatoms. The Morgan fingerprint density at radius 2 is 1.33 bits per heavy atom. The molecule has 0 bridgehead atoms. The first-order chi connectivity index (χ1) is 7.30. The van der Waals surface area contributed by atoms with Gasteiger partial charge < -0.3 is 0 Å². The molecular formula is C12H17Cl2Pt. The summed E-state index contributed by atoms with van der Waals surface area (Å²) in [6, 6.07) is 0. The van der Waals surface area contributed by atoms with Crippen LogP contribution in [0, 0.1) is 0 Å². The van der Waals surface area contributed by atoms with Crippen molar-refractivity contribution in [2.45, 2.75) is 38.5 Å². The standard InChI is InChI=1S/C12H17.2ClH.Pt/c1-2-4-6-8-10-12-11-9-7-5-3-1;;;/h1-2,7-9H,3-6,11-12H2;2*1H;/q;;;+2/p-2. The molecule has 89 valence electrons. The molecule has 0 unspecified atom stereocenters. The predicted octanol–water partition coefficient (Wildman–Crippen LogP) is 5.26.